The summed E-state index contributed by atoms with van der Waals surface area (Å²) in [5.74, 6) is -1.65. The molecular formula is C83H140O16P2. The van der Waals surface area contributed by atoms with Crippen LogP contribution in [0.4, 0.5) is 0 Å². The molecule has 0 saturated heterocycles. The summed E-state index contributed by atoms with van der Waals surface area (Å²) < 4.78 is 61.0. The van der Waals surface area contributed by atoms with E-state index in [9.17, 15) is 43.5 Å². The highest BCUT2D eigenvalue weighted by molar-refractivity contribution is 7.47. The van der Waals surface area contributed by atoms with Crippen LogP contribution in [0.2, 0.25) is 0 Å². The van der Waals surface area contributed by atoms with Crippen molar-refractivity contribution in [1.29, 1.82) is 0 Å². The zero-order valence-electron chi connectivity index (χ0n) is 63.0. The number of aliphatic hydroxyl groups is 2. The van der Waals surface area contributed by atoms with Gasteiger partial charge >= 0.3 is 33.6 Å². The van der Waals surface area contributed by atoms with E-state index in [1.165, 1.54) is 103 Å². The Kier molecular flexibility index (Phi) is 71.7. The highest BCUT2D eigenvalue weighted by Crippen LogP contribution is 2.45. The highest BCUT2D eigenvalue weighted by Gasteiger charge is 2.29. The molecule has 0 rings (SSSR count). The summed E-state index contributed by atoms with van der Waals surface area (Å²) in [5.41, 5.74) is 0. The van der Waals surface area contributed by atoms with Crippen molar-refractivity contribution in [2.24, 2.45) is 0 Å². The Morgan fingerprint density at radius 1 is 0.287 bits per heavy atom. The first-order valence-electron chi connectivity index (χ1n) is 39.1. The number of hydrogen-bond donors (Lipinski definition) is 4. The highest BCUT2D eigenvalue weighted by atomic mass is 31.2. The Labute approximate surface area is 613 Å². The molecule has 0 amide bonds. The smallest absolute Gasteiger partial charge is 0.463 e. The van der Waals surface area contributed by atoms with Crippen molar-refractivity contribution < 1.29 is 75.8 Å². The normalized spacial score (nSPS) is 14.8. The van der Waals surface area contributed by atoms with Crippen molar-refractivity contribution in [1.82, 2.24) is 0 Å². The van der Waals surface area contributed by atoms with Crippen LogP contribution in [0.1, 0.15) is 303 Å². The van der Waals surface area contributed by atoms with Crippen LogP contribution in [-0.4, -0.2) is 95.9 Å². The standard InChI is InChI=1S/C83H140O16P2/c1-4-7-10-13-16-19-22-25-28-30-31-32-33-34-35-36-37-38-39-40-41-42-43-44-45-47-50-51-54-57-60-63-66-69-81(86)93-72-78(84)73-95-100(89,90)96-74-79(85)75-97-101(91,92)98-77-80(99-83(88)71-68-65-62-59-56-53-48-27-24-21-18-15-12-9-6-3)76-94-82(87)70-67-64-61-58-55-52-49-46-29-26-23-20-17-14-11-8-5-2/h7-8,10-11,16-17,19-20,25-29,31-32,34-35,37-38,48-49,52,58,61,78-80,84-85H,4-6,9,12-15,18,21-24,30,33,36,39-47,50-51,53-57,59-60,62-77H2,1-3H3,(H,89,90)(H,91,92)/b10-7-,11-8-,19-16-,20-17-,28-25-,29-26-,32-31-,35-34-,38-37-,48-27-,52-49-,61-58-. The van der Waals surface area contributed by atoms with Gasteiger partial charge in [-0.25, -0.2) is 9.13 Å². The number of esters is 3. The van der Waals surface area contributed by atoms with Crippen molar-refractivity contribution in [2.75, 3.05) is 39.6 Å². The van der Waals surface area contributed by atoms with E-state index < -0.39 is 91.5 Å². The molecule has 0 aliphatic carbocycles. The zero-order valence-corrected chi connectivity index (χ0v) is 64.8. The largest absolute Gasteiger partial charge is 0.472 e. The fraction of sp³-hybridized carbons (Fsp3) is 0.675. The Morgan fingerprint density at radius 3 is 0.881 bits per heavy atom. The topological polar surface area (TPSA) is 231 Å². The van der Waals surface area contributed by atoms with Crippen molar-refractivity contribution >= 4 is 33.6 Å². The number of phosphoric ester groups is 2. The van der Waals surface area contributed by atoms with Gasteiger partial charge in [-0.2, -0.15) is 0 Å². The summed E-state index contributed by atoms with van der Waals surface area (Å²) in [6, 6.07) is 0. The molecule has 0 aromatic rings. The monoisotopic (exact) mass is 1450 g/mol. The number of carbonyl (C=O) groups is 3. The Balaban J connectivity index is 4.47. The molecule has 0 aliphatic heterocycles. The summed E-state index contributed by atoms with van der Waals surface area (Å²) in [6.45, 7) is 2.37. The fourth-order valence-electron chi connectivity index (χ4n) is 10.1. The number of hydrogen-bond acceptors (Lipinski definition) is 14. The summed E-state index contributed by atoms with van der Waals surface area (Å²) in [4.78, 5) is 58.5. The van der Waals surface area contributed by atoms with Gasteiger partial charge in [-0.05, 0) is 135 Å². The number of unbranched alkanes of at least 4 members (excludes halogenated alkanes) is 26. The summed E-state index contributed by atoms with van der Waals surface area (Å²) >= 11 is 0. The van der Waals surface area contributed by atoms with Gasteiger partial charge in [0.2, 0.25) is 0 Å². The Morgan fingerprint density at radius 2 is 0.535 bits per heavy atom. The molecule has 0 aromatic carbocycles. The van der Waals surface area contributed by atoms with E-state index in [4.69, 9.17) is 32.3 Å². The molecule has 0 bridgehead atoms. The van der Waals surface area contributed by atoms with E-state index in [1.54, 1.807) is 0 Å². The van der Waals surface area contributed by atoms with E-state index in [1.807, 2.05) is 12.2 Å². The zero-order chi connectivity index (χ0) is 73.7. The van der Waals surface area contributed by atoms with Crippen LogP contribution in [0.3, 0.4) is 0 Å². The maximum absolute atomic E-state index is 12.9. The molecule has 16 nitrogen and oxygen atoms in total. The van der Waals surface area contributed by atoms with Gasteiger partial charge in [0.15, 0.2) is 6.10 Å². The lowest BCUT2D eigenvalue weighted by atomic mass is 10.0. The van der Waals surface area contributed by atoms with Gasteiger partial charge in [0.05, 0.1) is 26.4 Å². The molecule has 0 fully saturated rings. The summed E-state index contributed by atoms with van der Waals surface area (Å²) in [6.07, 6.45) is 92.1. The predicted molar refractivity (Wildman–Crippen MR) is 417 cm³/mol. The van der Waals surface area contributed by atoms with Crippen LogP contribution in [0.15, 0.2) is 146 Å². The minimum Gasteiger partial charge on any atom is -0.463 e. The molecule has 4 N–H and O–H groups in total. The van der Waals surface area contributed by atoms with Crippen molar-refractivity contribution in [3.05, 3.63) is 146 Å². The minimum atomic E-state index is -4.94. The van der Waals surface area contributed by atoms with Gasteiger partial charge in [-0.1, -0.05) is 295 Å². The first-order valence-corrected chi connectivity index (χ1v) is 42.1. The fourth-order valence-corrected chi connectivity index (χ4v) is 11.7. The Hall–Kier alpha value is -4.57. The van der Waals surface area contributed by atoms with Gasteiger partial charge in [0.25, 0.3) is 0 Å². The number of aliphatic hydroxyl groups excluding tert-OH is 2. The van der Waals surface area contributed by atoms with Crippen LogP contribution < -0.4 is 0 Å². The molecule has 578 valence electrons. The van der Waals surface area contributed by atoms with Crippen molar-refractivity contribution in [3.63, 3.8) is 0 Å². The van der Waals surface area contributed by atoms with E-state index in [-0.39, 0.29) is 19.3 Å². The average Bonchev–Trinajstić information content (AvgIpc) is 1.12. The number of ether oxygens (including phenoxy) is 3. The van der Waals surface area contributed by atoms with Crippen molar-refractivity contribution in [2.45, 2.75) is 322 Å². The van der Waals surface area contributed by atoms with Crippen LogP contribution >= 0.6 is 15.6 Å². The van der Waals surface area contributed by atoms with Gasteiger partial charge < -0.3 is 34.2 Å². The SMILES string of the molecule is CC/C=C\C/C=C\C/C=C\C/C=C\C/C=C\C/C=C\CCCCCCCCCCCCCCCCC(=O)OCC(O)COP(=O)(O)OCC(O)COP(=O)(O)OCC(COC(=O)CCC/C=C\C/C=C\C/C=C\C/C=C\C/C=C\CC)OC(=O)CCCCCCC/C=C\CCCCCCCC. The number of carbonyl (C=O) groups excluding carboxylic acids is 3. The molecule has 0 aliphatic rings. The van der Waals surface area contributed by atoms with Gasteiger partial charge in [0.1, 0.15) is 25.4 Å². The second-order valence-corrected chi connectivity index (χ2v) is 28.7. The third-order valence-corrected chi connectivity index (χ3v) is 17.9. The molecule has 0 heterocycles. The van der Waals surface area contributed by atoms with Gasteiger partial charge in [0, 0.05) is 19.3 Å². The molecule has 0 spiro atoms. The lowest BCUT2D eigenvalue weighted by Gasteiger charge is -2.21. The van der Waals surface area contributed by atoms with Crippen molar-refractivity contribution in [3.8, 4) is 0 Å². The molecular weight excluding hydrogens is 1310 g/mol. The molecule has 0 aromatic heterocycles. The molecule has 0 saturated carbocycles. The lowest BCUT2D eigenvalue weighted by molar-refractivity contribution is -0.161. The maximum atomic E-state index is 12.9. The minimum absolute atomic E-state index is 0.0801. The van der Waals surface area contributed by atoms with E-state index in [2.05, 4.69) is 154 Å². The lowest BCUT2D eigenvalue weighted by Crippen LogP contribution is -2.30. The number of phosphoric acid groups is 2. The second-order valence-electron chi connectivity index (χ2n) is 25.7. The van der Waals surface area contributed by atoms with E-state index >= 15 is 0 Å². The van der Waals surface area contributed by atoms with Crippen LogP contribution in [-0.2, 0) is 55.8 Å². The first kappa shape index (κ1) is 96.4. The predicted octanol–water partition coefficient (Wildman–Crippen LogP) is 22.9. The molecule has 5 atom stereocenters. The number of allylic oxidation sites excluding steroid dienone is 24. The van der Waals surface area contributed by atoms with Gasteiger partial charge in [-0.3, -0.25) is 32.5 Å². The first-order chi connectivity index (χ1) is 49.2. The maximum Gasteiger partial charge on any atom is 0.472 e. The van der Waals surface area contributed by atoms with Gasteiger partial charge in [-0.15, -0.1) is 0 Å². The molecule has 0 radical (unpaired) electrons. The average molecular weight is 1460 g/mol. The number of rotatable bonds is 73. The molecule has 101 heavy (non-hydrogen) atoms. The molecule has 18 heteroatoms. The quantitative estimate of drug-likeness (QED) is 0.0146. The van der Waals surface area contributed by atoms with Crippen LogP contribution in [0.25, 0.3) is 0 Å². The second kappa shape index (κ2) is 75.1. The van der Waals surface area contributed by atoms with Crippen LogP contribution in [0, 0.1) is 0 Å². The Bertz CT molecular complexity index is 2420. The summed E-state index contributed by atoms with van der Waals surface area (Å²) in [5, 5.41) is 20.6. The van der Waals surface area contributed by atoms with E-state index in [0.29, 0.717) is 25.7 Å². The van der Waals surface area contributed by atoms with Crippen LogP contribution in [0.5, 0.6) is 0 Å². The summed E-state index contributed by atoms with van der Waals surface area (Å²) in [7, 11) is -9.81. The molecule has 5 unspecified atom stereocenters. The third kappa shape index (κ3) is 76.4. The third-order valence-electron chi connectivity index (χ3n) is 16.0. The van der Waals surface area contributed by atoms with E-state index in [0.717, 1.165) is 135 Å².